The van der Waals surface area contributed by atoms with Crippen LogP contribution in [0, 0.1) is 12.8 Å². The quantitative estimate of drug-likeness (QED) is 0.620. The van der Waals surface area contributed by atoms with Gasteiger partial charge >= 0.3 is 0 Å². The highest BCUT2D eigenvalue weighted by molar-refractivity contribution is 5.80. The lowest BCUT2D eigenvalue weighted by Gasteiger charge is -2.21. The van der Waals surface area contributed by atoms with Gasteiger partial charge in [-0.2, -0.15) is 0 Å². The molecule has 0 saturated carbocycles. The summed E-state index contributed by atoms with van der Waals surface area (Å²) in [5.74, 6) is 1.69. The lowest BCUT2D eigenvalue weighted by Crippen LogP contribution is -2.40. The van der Waals surface area contributed by atoms with Crippen LogP contribution in [0.3, 0.4) is 0 Å². The van der Waals surface area contributed by atoms with Gasteiger partial charge in [0.1, 0.15) is 0 Å². The van der Waals surface area contributed by atoms with Gasteiger partial charge in [0.2, 0.25) is 0 Å². The van der Waals surface area contributed by atoms with Crippen LogP contribution in [0.1, 0.15) is 31.4 Å². The predicted octanol–water partition coefficient (Wildman–Crippen LogP) is 2.86. The van der Waals surface area contributed by atoms with Crippen molar-refractivity contribution in [3.63, 3.8) is 0 Å². The number of aliphatic imine (C=N–C) groups is 1. The van der Waals surface area contributed by atoms with E-state index in [4.69, 9.17) is 9.73 Å². The van der Waals surface area contributed by atoms with E-state index in [-0.39, 0.29) is 0 Å². The van der Waals surface area contributed by atoms with Gasteiger partial charge in [-0.15, -0.1) is 0 Å². The molecule has 23 heavy (non-hydrogen) atoms. The Morgan fingerprint density at radius 3 is 2.78 bits per heavy atom. The summed E-state index contributed by atoms with van der Waals surface area (Å²) in [5, 5.41) is 3.43. The van der Waals surface area contributed by atoms with E-state index >= 15 is 0 Å². The van der Waals surface area contributed by atoms with Gasteiger partial charge in [-0.05, 0) is 39.2 Å². The number of likely N-dealkylation sites (tertiary alicyclic amines) is 1. The average molecular weight is 317 g/mol. The molecule has 1 saturated heterocycles. The third-order valence-electron chi connectivity index (χ3n) is 4.26. The number of hydrogen-bond acceptors (Lipinski definition) is 2. The highest BCUT2D eigenvalue weighted by Crippen LogP contribution is 2.16. The third kappa shape index (κ3) is 5.87. The first kappa shape index (κ1) is 17.8. The molecule has 1 unspecified atom stereocenters. The van der Waals surface area contributed by atoms with Crippen LogP contribution in [0.15, 0.2) is 29.3 Å². The maximum absolute atomic E-state index is 5.57. The van der Waals surface area contributed by atoms with E-state index in [1.54, 1.807) is 0 Å². The second-order valence-electron chi connectivity index (χ2n) is 6.23. The fraction of sp³-hybridized carbons (Fsp3) is 0.632. The van der Waals surface area contributed by atoms with Crippen molar-refractivity contribution in [2.75, 3.05) is 39.4 Å². The zero-order valence-electron chi connectivity index (χ0n) is 14.8. The van der Waals surface area contributed by atoms with Crippen LogP contribution in [-0.4, -0.2) is 50.3 Å². The molecule has 0 radical (unpaired) electrons. The van der Waals surface area contributed by atoms with E-state index in [0.717, 1.165) is 51.8 Å². The standard InChI is InChI=1S/C19H31N3O/c1-4-20-19(22-13-11-18(14-22)15-23-5-2)21-12-10-17-8-6-16(3)7-9-17/h6-9,18H,4-5,10-15H2,1-3H3,(H,20,21). The number of nitrogens with one attached hydrogen (secondary N) is 1. The molecule has 1 atom stereocenters. The minimum Gasteiger partial charge on any atom is -0.381 e. The first-order chi connectivity index (χ1) is 11.2. The molecule has 1 N–H and O–H groups in total. The summed E-state index contributed by atoms with van der Waals surface area (Å²) < 4.78 is 5.57. The van der Waals surface area contributed by atoms with Crippen molar-refractivity contribution < 1.29 is 4.74 Å². The molecule has 1 aliphatic heterocycles. The Morgan fingerprint density at radius 2 is 2.09 bits per heavy atom. The van der Waals surface area contributed by atoms with Crippen LogP contribution in [0.5, 0.6) is 0 Å². The molecule has 0 amide bonds. The lowest BCUT2D eigenvalue weighted by molar-refractivity contribution is 0.114. The van der Waals surface area contributed by atoms with E-state index in [1.165, 1.54) is 17.5 Å². The summed E-state index contributed by atoms with van der Waals surface area (Å²) in [7, 11) is 0. The summed E-state index contributed by atoms with van der Waals surface area (Å²) in [6.07, 6.45) is 2.19. The van der Waals surface area contributed by atoms with Gasteiger partial charge in [0.25, 0.3) is 0 Å². The summed E-state index contributed by atoms with van der Waals surface area (Å²) in [4.78, 5) is 7.20. The maximum atomic E-state index is 5.57. The second-order valence-corrected chi connectivity index (χ2v) is 6.23. The zero-order valence-corrected chi connectivity index (χ0v) is 14.8. The molecule has 1 heterocycles. The van der Waals surface area contributed by atoms with Crippen LogP contribution in [0.4, 0.5) is 0 Å². The Hall–Kier alpha value is -1.55. The summed E-state index contributed by atoms with van der Waals surface area (Å²) in [6.45, 7) is 11.9. The normalized spacial score (nSPS) is 18.5. The number of benzene rings is 1. The van der Waals surface area contributed by atoms with Crippen molar-refractivity contribution >= 4 is 5.96 Å². The van der Waals surface area contributed by atoms with E-state index in [1.807, 2.05) is 0 Å². The molecule has 4 nitrogen and oxygen atoms in total. The smallest absolute Gasteiger partial charge is 0.193 e. The van der Waals surface area contributed by atoms with Gasteiger partial charge in [-0.1, -0.05) is 29.8 Å². The van der Waals surface area contributed by atoms with E-state index in [9.17, 15) is 0 Å². The Bertz CT molecular complexity index is 484. The van der Waals surface area contributed by atoms with Crippen molar-refractivity contribution in [3.05, 3.63) is 35.4 Å². The van der Waals surface area contributed by atoms with Gasteiger partial charge in [-0.3, -0.25) is 4.99 Å². The SMILES string of the molecule is CCNC(=NCCc1ccc(C)cc1)N1CCC(COCC)C1. The molecule has 0 aliphatic carbocycles. The first-order valence-corrected chi connectivity index (χ1v) is 8.89. The van der Waals surface area contributed by atoms with Gasteiger partial charge in [0.05, 0.1) is 6.61 Å². The van der Waals surface area contributed by atoms with Crippen molar-refractivity contribution in [2.45, 2.75) is 33.6 Å². The average Bonchev–Trinajstić information content (AvgIpc) is 3.03. The second kappa shape index (κ2) is 9.56. The molecule has 128 valence electrons. The highest BCUT2D eigenvalue weighted by atomic mass is 16.5. The van der Waals surface area contributed by atoms with Crippen LogP contribution in [-0.2, 0) is 11.2 Å². The number of nitrogens with zero attached hydrogens (tertiary/aromatic N) is 2. The van der Waals surface area contributed by atoms with Gasteiger partial charge in [0, 0.05) is 38.7 Å². The number of hydrogen-bond donors (Lipinski definition) is 1. The van der Waals surface area contributed by atoms with Crippen LogP contribution < -0.4 is 5.32 Å². The van der Waals surface area contributed by atoms with Crippen molar-refractivity contribution in [3.8, 4) is 0 Å². The zero-order chi connectivity index (χ0) is 16.5. The van der Waals surface area contributed by atoms with Crippen LogP contribution in [0.2, 0.25) is 0 Å². The fourth-order valence-electron chi connectivity index (χ4n) is 2.92. The number of rotatable bonds is 7. The molecule has 1 fully saturated rings. The number of guanidine groups is 1. The van der Waals surface area contributed by atoms with E-state index < -0.39 is 0 Å². The van der Waals surface area contributed by atoms with E-state index in [0.29, 0.717) is 5.92 Å². The molecule has 0 spiro atoms. The van der Waals surface area contributed by atoms with Gasteiger partial charge in [0.15, 0.2) is 5.96 Å². The molecular formula is C19H31N3O. The molecule has 2 rings (SSSR count). The summed E-state index contributed by atoms with van der Waals surface area (Å²) >= 11 is 0. The van der Waals surface area contributed by atoms with Crippen molar-refractivity contribution in [2.24, 2.45) is 10.9 Å². The molecule has 1 aromatic rings. The summed E-state index contributed by atoms with van der Waals surface area (Å²) in [5.41, 5.74) is 2.66. The highest BCUT2D eigenvalue weighted by Gasteiger charge is 2.24. The van der Waals surface area contributed by atoms with E-state index in [2.05, 4.69) is 55.3 Å². The summed E-state index contributed by atoms with van der Waals surface area (Å²) in [6, 6.07) is 8.74. The predicted molar refractivity (Wildman–Crippen MR) is 97.0 cm³/mol. The molecule has 1 aromatic carbocycles. The maximum Gasteiger partial charge on any atom is 0.193 e. The lowest BCUT2D eigenvalue weighted by atomic mass is 10.1. The largest absolute Gasteiger partial charge is 0.381 e. The molecule has 1 aliphatic rings. The Labute approximate surface area is 140 Å². The molecular weight excluding hydrogens is 286 g/mol. The first-order valence-electron chi connectivity index (χ1n) is 8.89. The Morgan fingerprint density at radius 1 is 1.30 bits per heavy atom. The minimum atomic E-state index is 0.635. The molecule has 0 aromatic heterocycles. The Kier molecular flexibility index (Phi) is 7.40. The Balaban J connectivity index is 1.86. The minimum absolute atomic E-state index is 0.635. The number of aryl methyl sites for hydroxylation is 1. The van der Waals surface area contributed by atoms with Crippen molar-refractivity contribution in [1.29, 1.82) is 0 Å². The van der Waals surface area contributed by atoms with Gasteiger partial charge < -0.3 is 15.0 Å². The van der Waals surface area contributed by atoms with Gasteiger partial charge in [-0.25, -0.2) is 0 Å². The van der Waals surface area contributed by atoms with Crippen LogP contribution >= 0.6 is 0 Å². The fourth-order valence-corrected chi connectivity index (χ4v) is 2.92. The topological polar surface area (TPSA) is 36.9 Å². The number of ether oxygens (including phenoxy) is 1. The monoisotopic (exact) mass is 317 g/mol. The van der Waals surface area contributed by atoms with Crippen molar-refractivity contribution in [1.82, 2.24) is 10.2 Å². The molecule has 0 bridgehead atoms. The van der Waals surface area contributed by atoms with Crippen LogP contribution in [0.25, 0.3) is 0 Å². The third-order valence-corrected chi connectivity index (χ3v) is 4.26. The molecule has 4 heteroatoms.